The molecule has 0 radical (unpaired) electrons. The third-order valence-corrected chi connectivity index (χ3v) is 2.99. The summed E-state index contributed by atoms with van der Waals surface area (Å²) in [5, 5.41) is 5.00. The highest BCUT2D eigenvalue weighted by Gasteiger charge is 2.24. The molecule has 2 N–H and O–H groups in total. The zero-order valence-electron chi connectivity index (χ0n) is 14.2. The summed E-state index contributed by atoms with van der Waals surface area (Å²) < 4.78 is 10.1. The highest BCUT2D eigenvalue weighted by Crippen LogP contribution is 2.23. The van der Waals surface area contributed by atoms with E-state index in [-0.39, 0.29) is 11.3 Å². The fourth-order valence-electron chi connectivity index (χ4n) is 1.70. The highest BCUT2D eigenvalue weighted by molar-refractivity contribution is 6.31. The van der Waals surface area contributed by atoms with Crippen molar-refractivity contribution < 1.29 is 23.9 Å². The molecule has 24 heavy (non-hydrogen) atoms. The van der Waals surface area contributed by atoms with Gasteiger partial charge in [0.1, 0.15) is 11.3 Å². The average molecular weight is 357 g/mol. The van der Waals surface area contributed by atoms with Crippen LogP contribution in [-0.4, -0.2) is 36.7 Å². The Balaban J connectivity index is 2.72. The molecule has 132 valence electrons. The first-order valence-electron chi connectivity index (χ1n) is 7.21. The van der Waals surface area contributed by atoms with E-state index >= 15 is 0 Å². The topological polar surface area (TPSA) is 93.7 Å². The molecule has 3 amide bonds. The Morgan fingerprint density at radius 2 is 1.83 bits per heavy atom. The van der Waals surface area contributed by atoms with Gasteiger partial charge in [-0.05, 0) is 45.9 Å². The van der Waals surface area contributed by atoms with E-state index in [4.69, 9.17) is 21.1 Å². The van der Waals surface area contributed by atoms with Gasteiger partial charge in [0.15, 0.2) is 6.10 Å². The number of nitrogens with one attached hydrogen (secondary N) is 2. The summed E-state index contributed by atoms with van der Waals surface area (Å²) in [5.74, 6) is -1.26. The van der Waals surface area contributed by atoms with Crippen LogP contribution >= 0.6 is 11.6 Å². The van der Waals surface area contributed by atoms with Gasteiger partial charge in [0, 0.05) is 10.6 Å². The van der Waals surface area contributed by atoms with Gasteiger partial charge in [-0.1, -0.05) is 11.6 Å². The first-order valence-corrected chi connectivity index (χ1v) is 7.59. The molecule has 1 aromatic carbocycles. The number of hydrogen-bond donors (Lipinski definition) is 2. The van der Waals surface area contributed by atoms with Gasteiger partial charge in [0.05, 0.1) is 7.11 Å². The number of carbonyl (C=O) groups excluding carboxylic acids is 3. The van der Waals surface area contributed by atoms with Crippen LogP contribution in [0.25, 0.3) is 0 Å². The summed E-state index contributed by atoms with van der Waals surface area (Å²) in [6, 6.07) is 3.78. The Labute approximate surface area is 145 Å². The molecular weight excluding hydrogens is 336 g/mol. The molecule has 1 aromatic rings. The molecule has 0 spiro atoms. The lowest BCUT2D eigenvalue weighted by Crippen LogP contribution is -2.50. The van der Waals surface area contributed by atoms with E-state index in [0.717, 1.165) is 0 Å². The molecule has 0 bridgehead atoms. The first-order chi connectivity index (χ1) is 11.0. The monoisotopic (exact) mass is 356 g/mol. The minimum Gasteiger partial charge on any atom is -0.496 e. The van der Waals surface area contributed by atoms with Crippen LogP contribution in [0.5, 0.6) is 5.75 Å². The van der Waals surface area contributed by atoms with Gasteiger partial charge < -0.3 is 14.8 Å². The molecule has 1 unspecified atom stereocenters. The number of carbonyl (C=O) groups is 3. The Morgan fingerprint density at radius 1 is 1.21 bits per heavy atom. The molecule has 0 heterocycles. The van der Waals surface area contributed by atoms with Gasteiger partial charge in [-0.15, -0.1) is 0 Å². The van der Waals surface area contributed by atoms with Gasteiger partial charge in [-0.3, -0.25) is 10.1 Å². The van der Waals surface area contributed by atoms with Crippen molar-refractivity contribution in [3.8, 4) is 5.75 Å². The normalized spacial score (nSPS) is 12.1. The van der Waals surface area contributed by atoms with Crippen molar-refractivity contribution in [1.82, 2.24) is 10.6 Å². The van der Waals surface area contributed by atoms with Gasteiger partial charge in [-0.2, -0.15) is 0 Å². The van der Waals surface area contributed by atoms with Crippen LogP contribution in [0.3, 0.4) is 0 Å². The van der Waals surface area contributed by atoms with Crippen molar-refractivity contribution in [3.05, 3.63) is 28.8 Å². The number of ether oxygens (including phenoxy) is 2. The number of rotatable bonds is 4. The van der Waals surface area contributed by atoms with Crippen LogP contribution < -0.4 is 15.4 Å². The quantitative estimate of drug-likeness (QED) is 0.808. The van der Waals surface area contributed by atoms with Crippen LogP contribution in [0.1, 0.15) is 38.1 Å². The van der Waals surface area contributed by atoms with Crippen LogP contribution in [-0.2, 0) is 9.53 Å². The van der Waals surface area contributed by atoms with Crippen molar-refractivity contribution in [2.45, 2.75) is 39.3 Å². The fraction of sp³-hybridized carbons (Fsp3) is 0.438. The van der Waals surface area contributed by atoms with E-state index in [9.17, 15) is 14.4 Å². The second kappa shape index (κ2) is 8.01. The molecule has 1 atom stereocenters. The molecule has 0 aliphatic carbocycles. The minimum atomic E-state index is -1.17. The lowest BCUT2D eigenvalue weighted by molar-refractivity contribution is -0.127. The Bertz CT molecular complexity index is 640. The molecule has 0 aromatic heterocycles. The lowest BCUT2D eigenvalue weighted by Gasteiger charge is -2.21. The van der Waals surface area contributed by atoms with Crippen molar-refractivity contribution >= 4 is 29.5 Å². The van der Waals surface area contributed by atoms with Crippen LogP contribution in [0.4, 0.5) is 4.79 Å². The summed E-state index contributed by atoms with van der Waals surface area (Å²) in [6.07, 6.45) is -1.17. The van der Waals surface area contributed by atoms with Crippen LogP contribution in [0.2, 0.25) is 5.02 Å². The number of amides is 3. The maximum atomic E-state index is 12.2. The first kappa shape index (κ1) is 19.8. The number of esters is 1. The van der Waals surface area contributed by atoms with Crippen molar-refractivity contribution in [1.29, 1.82) is 0 Å². The Kier molecular flexibility index (Phi) is 6.60. The number of hydrogen-bond acceptors (Lipinski definition) is 5. The number of benzene rings is 1. The molecular formula is C16H21ClN2O5. The maximum Gasteiger partial charge on any atom is 0.342 e. The molecule has 7 nitrogen and oxygen atoms in total. The van der Waals surface area contributed by atoms with E-state index in [0.29, 0.717) is 5.02 Å². The average Bonchev–Trinajstić information content (AvgIpc) is 2.44. The summed E-state index contributed by atoms with van der Waals surface area (Å²) in [7, 11) is 1.40. The van der Waals surface area contributed by atoms with Gasteiger partial charge >= 0.3 is 12.0 Å². The molecule has 1 rings (SSSR count). The van der Waals surface area contributed by atoms with E-state index in [1.54, 1.807) is 26.8 Å². The maximum absolute atomic E-state index is 12.2. The summed E-state index contributed by atoms with van der Waals surface area (Å²) in [6.45, 7) is 6.67. The Hall–Kier alpha value is -2.28. The zero-order valence-corrected chi connectivity index (χ0v) is 15.0. The van der Waals surface area contributed by atoms with Crippen LogP contribution in [0, 0.1) is 0 Å². The van der Waals surface area contributed by atoms with Gasteiger partial charge in [0.25, 0.3) is 5.91 Å². The molecule has 0 aliphatic rings. The number of methoxy groups -OCH3 is 1. The standard InChI is InChI=1S/C16H21ClN2O5/c1-9(13(20)18-15(22)19-16(2,3)4)24-14(21)11-8-10(17)6-7-12(11)23-5/h6-9H,1-5H3,(H2,18,19,20,22). The van der Waals surface area contributed by atoms with Gasteiger partial charge in [0.2, 0.25) is 0 Å². The number of urea groups is 1. The molecule has 0 saturated carbocycles. The van der Waals surface area contributed by atoms with E-state index in [2.05, 4.69) is 10.6 Å². The SMILES string of the molecule is COc1ccc(Cl)cc1C(=O)OC(C)C(=O)NC(=O)NC(C)(C)C. The zero-order chi connectivity index (χ0) is 18.5. The fourth-order valence-corrected chi connectivity index (χ4v) is 1.87. The second-order valence-electron chi connectivity index (χ2n) is 6.09. The largest absolute Gasteiger partial charge is 0.496 e. The molecule has 8 heteroatoms. The second-order valence-corrected chi connectivity index (χ2v) is 6.52. The summed E-state index contributed by atoms with van der Waals surface area (Å²) in [4.78, 5) is 35.7. The third-order valence-electron chi connectivity index (χ3n) is 2.76. The van der Waals surface area contributed by atoms with E-state index < -0.39 is 29.6 Å². The smallest absolute Gasteiger partial charge is 0.342 e. The van der Waals surface area contributed by atoms with Gasteiger partial charge in [-0.25, -0.2) is 9.59 Å². The predicted octanol–water partition coefficient (Wildman–Crippen LogP) is 2.52. The minimum absolute atomic E-state index is 0.0868. The molecule has 0 aliphatic heterocycles. The van der Waals surface area contributed by atoms with Crippen LogP contribution in [0.15, 0.2) is 18.2 Å². The van der Waals surface area contributed by atoms with E-state index in [1.165, 1.54) is 26.2 Å². The summed E-state index contributed by atoms with van der Waals surface area (Å²) in [5.41, 5.74) is -0.415. The highest BCUT2D eigenvalue weighted by atomic mass is 35.5. The lowest BCUT2D eigenvalue weighted by atomic mass is 10.1. The van der Waals surface area contributed by atoms with Crippen molar-refractivity contribution in [2.24, 2.45) is 0 Å². The van der Waals surface area contributed by atoms with Crippen molar-refractivity contribution in [3.63, 3.8) is 0 Å². The molecule has 0 fully saturated rings. The predicted molar refractivity (Wildman–Crippen MR) is 89.3 cm³/mol. The summed E-state index contributed by atoms with van der Waals surface area (Å²) >= 11 is 5.85. The van der Waals surface area contributed by atoms with E-state index in [1.807, 2.05) is 0 Å². The number of halogens is 1. The molecule has 0 saturated heterocycles. The van der Waals surface area contributed by atoms with Crippen molar-refractivity contribution in [2.75, 3.05) is 7.11 Å². The Morgan fingerprint density at radius 3 is 2.38 bits per heavy atom. The third kappa shape index (κ3) is 6.08. The number of imide groups is 1.